The standard InChI is InChI=1S/C7H7IN2/c1-5(4-9)7(8)3-6(2)10/h3,10H,1H2,2H3/b7-3+,10-6?. The van der Waals surface area contributed by atoms with E-state index in [0.717, 1.165) is 3.58 Å². The molecule has 0 saturated carbocycles. The van der Waals surface area contributed by atoms with Gasteiger partial charge in [-0.15, -0.1) is 0 Å². The molecule has 0 amide bonds. The summed E-state index contributed by atoms with van der Waals surface area (Å²) < 4.78 is 0.729. The van der Waals surface area contributed by atoms with Gasteiger partial charge in [0.2, 0.25) is 0 Å². The Morgan fingerprint density at radius 2 is 2.30 bits per heavy atom. The van der Waals surface area contributed by atoms with Crippen LogP contribution in [0.25, 0.3) is 0 Å². The van der Waals surface area contributed by atoms with Crippen molar-refractivity contribution in [1.29, 1.82) is 10.7 Å². The molecule has 0 unspecified atom stereocenters. The highest BCUT2D eigenvalue weighted by molar-refractivity contribution is 14.1. The van der Waals surface area contributed by atoms with Crippen LogP contribution in [0.1, 0.15) is 6.92 Å². The first-order chi connectivity index (χ1) is 4.57. The highest BCUT2D eigenvalue weighted by Gasteiger charge is 1.95. The quantitative estimate of drug-likeness (QED) is 0.346. The average Bonchev–Trinajstić information content (AvgIpc) is 1.85. The zero-order valence-electron chi connectivity index (χ0n) is 5.61. The molecule has 0 radical (unpaired) electrons. The van der Waals surface area contributed by atoms with Gasteiger partial charge in [-0.1, -0.05) is 6.58 Å². The second kappa shape index (κ2) is 4.23. The second-order valence-electron chi connectivity index (χ2n) is 1.77. The molecule has 0 aromatic heterocycles. The number of nitriles is 1. The third-order valence-electron chi connectivity index (χ3n) is 0.766. The van der Waals surface area contributed by atoms with Crippen molar-refractivity contribution in [2.45, 2.75) is 6.92 Å². The molecule has 0 aromatic rings. The predicted molar refractivity (Wildman–Crippen MR) is 50.3 cm³/mol. The van der Waals surface area contributed by atoms with E-state index in [1.807, 2.05) is 28.7 Å². The molecule has 0 spiro atoms. The van der Waals surface area contributed by atoms with Gasteiger partial charge in [-0.05, 0) is 35.6 Å². The maximum atomic E-state index is 8.35. The summed E-state index contributed by atoms with van der Waals surface area (Å²) in [6, 6.07) is 1.90. The molecule has 0 saturated heterocycles. The van der Waals surface area contributed by atoms with E-state index in [2.05, 4.69) is 6.58 Å². The zero-order chi connectivity index (χ0) is 8.15. The first kappa shape index (κ1) is 9.37. The van der Waals surface area contributed by atoms with Crippen molar-refractivity contribution in [3.63, 3.8) is 0 Å². The van der Waals surface area contributed by atoms with Gasteiger partial charge in [0, 0.05) is 9.29 Å². The molecule has 3 heteroatoms. The maximum Gasteiger partial charge on any atom is 0.0996 e. The van der Waals surface area contributed by atoms with Crippen LogP contribution in [0.2, 0.25) is 0 Å². The molecular formula is C7H7IN2. The van der Waals surface area contributed by atoms with Crippen LogP contribution in [0.3, 0.4) is 0 Å². The van der Waals surface area contributed by atoms with Crippen LogP contribution in [-0.4, -0.2) is 5.71 Å². The van der Waals surface area contributed by atoms with E-state index >= 15 is 0 Å². The van der Waals surface area contributed by atoms with Crippen LogP contribution in [0, 0.1) is 16.7 Å². The van der Waals surface area contributed by atoms with Crippen LogP contribution in [0.4, 0.5) is 0 Å². The molecule has 0 aliphatic rings. The average molecular weight is 246 g/mol. The molecule has 1 N–H and O–H groups in total. The second-order valence-corrected chi connectivity index (χ2v) is 2.93. The molecule has 10 heavy (non-hydrogen) atoms. The number of nitrogens with zero attached hydrogens (tertiary/aromatic N) is 1. The van der Waals surface area contributed by atoms with Crippen molar-refractivity contribution in [3.05, 3.63) is 21.8 Å². The van der Waals surface area contributed by atoms with Crippen LogP contribution in [0.5, 0.6) is 0 Å². The Hall–Kier alpha value is -0.630. The van der Waals surface area contributed by atoms with Gasteiger partial charge in [0.25, 0.3) is 0 Å². The Kier molecular flexibility index (Phi) is 3.96. The number of hydrogen-bond donors (Lipinski definition) is 1. The minimum absolute atomic E-state index is 0.409. The monoisotopic (exact) mass is 246 g/mol. The molecule has 0 fully saturated rings. The Balaban J connectivity index is 4.38. The molecule has 2 nitrogen and oxygen atoms in total. The van der Waals surface area contributed by atoms with E-state index in [9.17, 15) is 0 Å². The van der Waals surface area contributed by atoms with Gasteiger partial charge in [-0.2, -0.15) is 5.26 Å². The third-order valence-corrected chi connectivity index (χ3v) is 1.73. The molecule has 0 aliphatic carbocycles. The van der Waals surface area contributed by atoms with Crippen LogP contribution >= 0.6 is 22.6 Å². The van der Waals surface area contributed by atoms with Crippen molar-refractivity contribution in [2.75, 3.05) is 0 Å². The van der Waals surface area contributed by atoms with Crippen molar-refractivity contribution >= 4 is 28.3 Å². The van der Waals surface area contributed by atoms with Crippen LogP contribution in [-0.2, 0) is 0 Å². The lowest BCUT2D eigenvalue weighted by molar-refractivity contribution is 1.48. The van der Waals surface area contributed by atoms with E-state index in [1.54, 1.807) is 13.0 Å². The van der Waals surface area contributed by atoms with Crippen LogP contribution < -0.4 is 0 Å². The lowest BCUT2D eigenvalue weighted by Crippen LogP contribution is -1.82. The van der Waals surface area contributed by atoms with Gasteiger partial charge < -0.3 is 5.41 Å². The molecule has 0 heterocycles. The van der Waals surface area contributed by atoms with Gasteiger partial charge in [0.15, 0.2) is 0 Å². The highest BCUT2D eigenvalue weighted by Crippen LogP contribution is 2.14. The summed E-state index contributed by atoms with van der Waals surface area (Å²) in [6.07, 6.45) is 1.60. The summed E-state index contributed by atoms with van der Waals surface area (Å²) in [5, 5.41) is 15.4. The van der Waals surface area contributed by atoms with E-state index in [-0.39, 0.29) is 0 Å². The molecule has 0 rings (SSSR count). The molecule has 0 bridgehead atoms. The smallest absolute Gasteiger partial charge is 0.0996 e. The van der Waals surface area contributed by atoms with E-state index in [4.69, 9.17) is 10.7 Å². The van der Waals surface area contributed by atoms with Gasteiger partial charge in [0.05, 0.1) is 11.6 Å². The molecule has 0 aliphatic heterocycles. The summed E-state index contributed by atoms with van der Waals surface area (Å²) in [5.41, 5.74) is 0.841. The third kappa shape index (κ3) is 3.41. The number of rotatable bonds is 2. The highest BCUT2D eigenvalue weighted by atomic mass is 127. The normalized spacial score (nSPS) is 10.3. The van der Waals surface area contributed by atoms with Crippen LogP contribution in [0.15, 0.2) is 21.8 Å². The molecular weight excluding hydrogens is 239 g/mol. The van der Waals surface area contributed by atoms with Gasteiger partial charge in [-0.3, -0.25) is 0 Å². The molecule has 0 aromatic carbocycles. The predicted octanol–water partition coefficient (Wildman–Crippen LogP) is 2.42. The van der Waals surface area contributed by atoms with Crippen molar-refractivity contribution < 1.29 is 0 Å². The summed E-state index contributed by atoms with van der Waals surface area (Å²) in [5.74, 6) is 0. The van der Waals surface area contributed by atoms with Gasteiger partial charge >= 0.3 is 0 Å². The fraction of sp³-hybridized carbons (Fsp3) is 0.143. The summed E-state index contributed by atoms with van der Waals surface area (Å²) in [4.78, 5) is 0. The zero-order valence-corrected chi connectivity index (χ0v) is 7.77. The fourth-order valence-electron chi connectivity index (χ4n) is 0.331. The first-order valence-corrected chi connectivity index (χ1v) is 3.67. The fourth-order valence-corrected chi connectivity index (χ4v) is 0.918. The Morgan fingerprint density at radius 3 is 2.60 bits per heavy atom. The van der Waals surface area contributed by atoms with E-state index in [1.165, 1.54) is 0 Å². The molecule has 0 atom stereocenters. The minimum atomic E-state index is 0.409. The first-order valence-electron chi connectivity index (χ1n) is 2.59. The van der Waals surface area contributed by atoms with E-state index < -0.39 is 0 Å². The largest absolute Gasteiger partial charge is 0.306 e. The Morgan fingerprint density at radius 1 is 1.80 bits per heavy atom. The number of nitrogens with one attached hydrogen (secondary N) is 1. The molecule has 52 valence electrons. The lowest BCUT2D eigenvalue weighted by atomic mass is 10.3. The summed E-state index contributed by atoms with van der Waals surface area (Å²) in [7, 11) is 0. The van der Waals surface area contributed by atoms with Crippen molar-refractivity contribution in [2.24, 2.45) is 0 Å². The Labute approximate surface area is 73.9 Å². The van der Waals surface area contributed by atoms with Crippen molar-refractivity contribution in [1.82, 2.24) is 0 Å². The van der Waals surface area contributed by atoms with E-state index in [0.29, 0.717) is 11.3 Å². The summed E-state index contributed by atoms with van der Waals surface area (Å²) >= 11 is 1.98. The lowest BCUT2D eigenvalue weighted by Gasteiger charge is -1.90. The van der Waals surface area contributed by atoms with Crippen molar-refractivity contribution in [3.8, 4) is 6.07 Å². The number of hydrogen-bond acceptors (Lipinski definition) is 2. The number of allylic oxidation sites excluding steroid dienone is 3. The Bertz CT molecular complexity index is 232. The number of halogens is 1. The minimum Gasteiger partial charge on any atom is -0.306 e. The summed E-state index contributed by atoms with van der Waals surface area (Å²) in [6.45, 7) is 5.15. The van der Waals surface area contributed by atoms with Gasteiger partial charge in [0.1, 0.15) is 0 Å². The SMILES string of the molecule is C=C(C#N)/C(I)=C\C(C)=N. The topological polar surface area (TPSA) is 47.6 Å². The van der Waals surface area contributed by atoms with Gasteiger partial charge in [-0.25, -0.2) is 0 Å². The maximum absolute atomic E-state index is 8.35.